The summed E-state index contributed by atoms with van der Waals surface area (Å²) in [5, 5.41) is 0. The molecule has 0 spiro atoms. The molecule has 0 bridgehead atoms. The second-order valence-electron chi connectivity index (χ2n) is 4.29. The molecule has 1 nitrogen and oxygen atoms in total. The molecule has 2 rings (SSSR count). The summed E-state index contributed by atoms with van der Waals surface area (Å²) in [7, 11) is 0. The summed E-state index contributed by atoms with van der Waals surface area (Å²) in [6, 6.07) is 7.98. The van der Waals surface area contributed by atoms with E-state index in [1.54, 1.807) is 0 Å². The van der Waals surface area contributed by atoms with Crippen LogP contribution < -0.4 is 0 Å². The average Bonchev–Trinajstić information content (AvgIpc) is 2.85. The summed E-state index contributed by atoms with van der Waals surface area (Å²) in [6.07, 6.45) is 2.72. The van der Waals surface area contributed by atoms with Crippen LogP contribution in [0.3, 0.4) is 0 Å². The van der Waals surface area contributed by atoms with Crippen LogP contribution in [0.5, 0.6) is 0 Å². The fraction of sp³-hybridized carbons (Fsp3) is 0.417. The van der Waals surface area contributed by atoms with Crippen LogP contribution >= 0.6 is 15.9 Å². The number of hydrogen-bond donors (Lipinski definition) is 0. The van der Waals surface area contributed by atoms with Crippen molar-refractivity contribution in [1.29, 1.82) is 0 Å². The molecule has 0 saturated heterocycles. The molecule has 0 unspecified atom stereocenters. The zero-order chi connectivity index (χ0) is 10.2. The lowest BCUT2D eigenvalue weighted by atomic mass is 9.97. The molecule has 0 amide bonds. The molecule has 0 radical (unpaired) electrons. The zero-order valence-electron chi connectivity index (χ0n) is 8.22. The zero-order valence-corrected chi connectivity index (χ0v) is 9.80. The SMILES string of the molecule is CC1(C(=O)Cc2cccc(Br)c2)CC1. The van der Waals surface area contributed by atoms with Crippen molar-refractivity contribution in [3.05, 3.63) is 34.3 Å². The van der Waals surface area contributed by atoms with Crippen molar-refractivity contribution in [1.82, 2.24) is 0 Å². The monoisotopic (exact) mass is 252 g/mol. The molecule has 0 aliphatic heterocycles. The second-order valence-corrected chi connectivity index (χ2v) is 5.21. The van der Waals surface area contributed by atoms with E-state index in [0.29, 0.717) is 12.2 Å². The molecule has 74 valence electrons. The Morgan fingerprint density at radius 2 is 2.21 bits per heavy atom. The Kier molecular flexibility index (Phi) is 2.48. The van der Waals surface area contributed by atoms with E-state index in [4.69, 9.17) is 0 Å². The number of carbonyl (C=O) groups excluding carboxylic acids is 1. The van der Waals surface area contributed by atoms with Gasteiger partial charge in [0, 0.05) is 16.3 Å². The van der Waals surface area contributed by atoms with Gasteiger partial charge < -0.3 is 0 Å². The number of ketones is 1. The van der Waals surface area contributed by atoms with Crippen molar-refractivity contribution in [3.8, 4) is 0 Å². The van der Waals surface area contributed by atoms with Gasteiger partial charge in [0.25, 0.3) is 0 Å². The van der Waals surface area contributed by atoms with E-state index in [2.05, 4.69) is 22.9 Å². The third kappa shape index (κ3) is 2.06. The van der Waals surface area contributed by atoms with E-state index in [1.807, 2.05) is 24.3 Å². The molecule has 0 heterocycles. The molecular weight excluding hydrogens is 240 g/mol. The molecule has 2 heteroatoms. The first-order valence-electron chi connectivity index (χ1n) is 4.88. The van der Waals surface area contributed by atoms with Crippen molar-refractivity contribution in [3.63, 3.8) is 0 Å². The van der Waals surface area contributed by atoms with E-state index in [-0.39, 0.29) is 5.41 Å². The lowest BCUT2D eigenvalue weighted by molar-refractivity contribution is -0.122. The number of hydrogen-bond acceptors (Lipinski definition) is 1. The predicted octanol–water partition coefficient (Wildman–Crippen LogP) is 3.36. The fourth-order valence-electron chi connectivity index (χ4n) is 1.51. The Morgan fingerprint density at radius 1 is 1.50 bits per heavy atom. The Hall–Kier alpha value is -0.630. The molecule has 14 heavy (non-hydrogen) atoms. The lowest BCUT2D eigenvalue weighted by Gasteiger charge is -2.06. The highest BCUT2D eigenvalue weighted by Gasteiger charge is 2.43. The van der Waals surface area contributed by atoms with E-state index in [0.717, 1.165) is 22.9 Å². The van der Waals surface area contributed by atoms with Crippen molar-refractivity contribution >= 4 is 21.7 Å². The first-order valence-corrected chi connectivity index (χ1v) is 5.67. The van der Waals surface area contributed by atoms with Gasteiger partial charge in [0.1, 0.15) is 5.78 Å². The second kappa shape index (κ2) is 3.50. The quantitative estimate of drug-likeness (QED) is 0.807. The number of halogens is 1. The number of benzene rings is 1. The van der Waals surface area contributed by atoms with Gasteiger partial charge >= 0.3 is 0 Å². The first kappa shape index (κ1) is 9.91. The normalized spacial score (nSPS) is 17.9. The highest BCUT2D eigenvalue weighted by Crippen LogP contribution is 2.46. The largest absolute Gasteiger partial charge is 0.299 e. The summed E-state index contributed by atoms with van der Waals surface area (Å²) in [6.45, 7) is 2.06. The average molecular weight is 253 g/mol. The Balaban J connectivity index is 2.07. The minimum Gasteiger partial charge on any atom is -0.299 e. The molecule has 0 atom stereocenters. The van der Waals surface area contributed by atoms with Crippen molar-refractivity contribution < 1.29 is 4.79 Å². The highest BCUT2D eigenvalue weighted by atomic mass is 79.9. The van der Waals surface area contributed by atoms with Gasteiger partial charge in [-0.1, -0.05) is 35.0 Å². The fourth-order valence-corrected chi connectivity index (χ4v) is 1.96. The van der Waals surface area contributed by atoms with Gasteiger partial charge in [-0.2, -0.15) is 0 Å². The summed E-state index contributed by atoms with van der Waals surface area (Å²) < 4.78 is 1.05. The van der Waals surface area contributed by atoms with Gasteiger partial charge in [-0.15, -0.1) is 0 Å². The van der Waals surface area contributed by atoms with Crippen LogP contribution in [0, 0.1) is 5.41 Å². The van der Waals surface area contributed by atoms with Crippen LogP contribution in [0.1, 0.15) is 25.3 Å². The van der Waals surface area contributed by atoms with E-state index >= 15 is 0 Å². The molecule has 1 saturated carbocycles. The molecule has 0 N–H and O–H groups in total. The highest BCUT2D eigenvalue weighted by molar-refractivity contribution is 9.10. The number of carbonyl (C=O) groups is 1. The van der Waals surface area contributed by atoms with Crippen LogP contribution in [0.4, 0.5) is 0 Å². The standard InChI is InChI=1S/C12H13BrO/c1-12(5-6-12)11(14)8-9-3-2-4-10(13)7-9/h2-4,7H,5-6,8H2,1H3. The predicted molar refractivity (Wildman–Crippen MR) is 60.2 cm³/mol. The van der Waals surface area contributed by atoms with Crippen molar-refractivity contribution in [2.75, 3.05) is 0 Å². The Labute approximate surface area is 92.6 Å². The molecular formula is C12H13BrO. The van der Waals surface area contributed by atoms with Crippen molar-refractivity contribution in [2.24, 2.45) is 5.41 Å². The van der Waals surface area contributed by atoms with Gasteiger partial charge in [-0.3, -0.25) is 4.79 Å². The summed E-state index contributed by atoms with van der Waals surface area (Å²) in [5.74, 6) is 0.385. The van der Waals surface area contributed by atoms with Crippen molar-refractivity contribution in [2.45, 2.75) is 26.2 Å². The van der Waals surface area contributed by atoms with Gasteiger partial charge in [-0.25, -0.2) is 0 Å². The van der Waals surface area contributed by atoms with Crippen LogP contribution in [0.15, 0.2) is 28.7 Å². The lowest BCUT2D eigenvalue weighted by Crippen LogP contribution is -2.14. The number of rotatable bonds is 3. The molecule has 1 aliphatic carbocycles. The maximum atomic E-state index is 11.8. The molecule has 1 aromatic rings. The molecule has 1 aliphatic rings. The van der Waals surface area contributed by atoms with Gasteiger partial charge in [-0.05, 0) is 30.5 Å². The van der Waals surface area contributed by atoms with E-state index < -0.39 is 0 Å². The smallest absolute Gasteiger partial charge is 0.143 e. The molecule has 0 aromatic heterocycles. The van der Waals surface area contributed by atoms with Crippen LogP contribution in [0.25, 0.3) is 0 Å². The Bertz CT molecular complexity index is 366. The van der Waals surface area contributed by atoms with E-state index in [1.165, 1.54) is 0 Å². The van der Waals surface area contributed by atoms with Gasteiger partial charge in [0.2, 0.25) is 0 Å². The summed E-state index contributed by atoms with van der Waals surface area (Å²) in [5.41, 5.74) is 1.11. The Morgan fingerprint density at radius 3 is 2.79 bits per heavy atom. The van der Waals surface area contributed by atoms with Crippen LogP contribution in [-0.4, -0.2) is 5.78 Å². The van der Waals surface area contributed by atoms with Gasteiger partial charge in [0.15, 0.2) is 0 Å². The first-order chi connectivity index (χ1) is 6.60. The maximum Gasteiger partial charge on any atom is 0.143 e. The summed E-state index contributed by atoms with van der Waals surface area (Å²) >= 11 is 3.41. The van der Waals surface area contributed by atoms with Crippen LogP contribution in [0.2, 0.25) is 0 Å². The molecule has 1 aromatic carbocycles. The third-order valence-corrected chi connectivity index (χ3v) is 3.42. The minimum absolute atomic E-state index is 0.00230. The van der Waals surface area contributed by atoms with E-state index in [9.17, 15) is 4.79 Å². The third-order valence-electron chi connectivity index (χ3n) is 2.93. The summed E-state index contributed by atoms with van der Waals surface area (Å²) in [4.78, 5) is 11.8. The maximum absolute atomic E-state index is 11.8. The topological polar surface area (TPSA) is 17.1 Å². The molecule has 1 fully saturated rings. The number of Topliss-reactive ketones (excluding diaryl/α,β-unsaturated/α-hetero) is 1. The minimum atomic E-state index is 0.00230. The van der Waals surface area contributed by atoms with Crippen LogP contribution in [-0.2, 0) is 11.2 Å². The van der Waals surface area contributed by atoms with Gasteiger partial charge in [0.05, 0.1) is 0 Å².